The van der Waals surface area contributed by atoms with Crippen molar-refractivity contribution in [2.24, 2.45) is 4.99 Å². The van der Waals surface area contributed by atoms with Crippen LogP contribution >= 0.6 is 0 Å². The van der Waals surface area contributed by atoms with Crippen molar-refractivity contribution >= 4 is 5.95 Å². The number of nitrogens with zero attached hydrogens (tertiary/aromatic N) is 3. The molecule has 0 spiro atoms. The third-order valence-electron chi connectivity index (χ3n) is 3.66. The fraction of sp³-hybridized carbons (Fsp3) is 0.750. The largest absolute Gasteiger partial charge is 0.481 e. The van der Waals surface area contributed by atoms with Crippen LogP contribution in [-0.4, -0.2) is 28.6 Å². The summed E-state index contributed by atoms with van der Waals surface area (Å²) in [4.78, 5) is 8.21. The zero-order chi connectivity index (χ0) is 16.2. The molecule has 1 aromatic rings. The molecule has 126 valence electrons. The molecule has 6 nitrogen and oxygen atoms in total. The summed E-state index contributed by atoms with van der Waals surface area (Å²) in [5.41, 5.74) is 5.96. The molecule has 0 aliphatic carbocycles. The minimum Gasteiger partial charge on any atom is -0.481 e. The molecule has 0 amide bonds. The Morgan fingerprint density at radius 3 is 2.32 bits per heavy atom. The molecule has 3 N–H and O–H groups in total. The highest BCUT2D eigenvalue weighted by Gasteiger charge is 2.02. The first kappa shape index (κ1) is 18.3. The molecule has 1 aromatic heterocycles. The average molecular weight is 310 g/mol. The van der Waals surface area contributed by atoms with Gasteiger partial charge in [0.2, 0.25) is 11.8 Å². The molecule has 0 saturated heterocycles. The quantitative estimate of drug-likeness (QED) is 0.485. The molecule has 6 heteroatoms. The summed E-state index contributed by atoms with van der Waals surface area (Å²) in [6.07, 6.45) is 11.5. The van der Waals surface area contributed by atoms with Gasteiger partial charge in [-0.25, -0.2) is 0 Å². The van der Waals surface area contributed by atoms with E-state index in [0.29, 0.717) is 17.9 Å². The van der Waals surface area contributed by atoms with Crippen LogP contribution in [0.2, 0.25) is 0 Å². The Morgan fingerprint density at radius 2 is 1.73 bits per heavy atom. The van der Waals surface area contributed by atoms with Gasteiger partial charge in [0.1, 0.15) is 0 Å². The number of nitrogen functional groups attached to an aromatic ring is 1. The van der Waals surface area contributed by atoms with E-state index in [1.165, 1.54) is 58.5 Å². The van der Waals surface area contributed by atoms with Gasteiger partial charge >= 0.3 is 0 Å². The van der Waals surface area contributed by atoms with Crippen molar-refractivity contribution in [3.05, 3.63) is 11.6 Å². The van der Waals surface area contributed by atoms with Crippen LogP contribution in [0.5, 0.6) is 5.88 Å². The number of hydrogen-bond acceptors (Lipinski definition) is 5. The first-order valence-corrected chi connectivity index (χ1v) is 8.32. The standard InChI is InChI=1S/C16H30N4O2/c1-3-4-5-6-7-8-9-10-11-12-18-14-13-15(22-2)19-16(17)20(14)21/h13,21H,3-12H2,1-2H3,(H2,17,19). The van der Waals surface area contributed by atoms with Crippen LogP contribution in [0.15, 0.2) is 11.1 Å². The van der Waals surface area contributed by atoms with E-state index in [0.717, 1.165) is 11.2 Å². The smallest absolute Gasteiger partial charge is 0.239 e. The molecule has 0 saturated carbocycles. The van der Waals surface area contributed by atoms with Crippen molar-refractivity contribution in [1.29, 1.82) is 0 Å². The van der Waals surface area contributed by atoms with E-state index in [1.807, 2.05) is 0 Å². The number of ether oxygens (including phenoxy) is 1. The lowest BCUT2D eigenvalue weighted by Crippen LogP contribution is -2.23. The first-order chi connectivity index (χ1) is 10.7. The highest BCUT2D eigenvalue weighted by molar-refractivity contribution is 5.21. The molecule has 0 bridgehead atoms. The average Bonchev–Trinajstić information content (AvgIpc) is 2.52. The SMILES string of the molecule is CCCCCCCCCCCN=c1cc(OC)nc(N)n1O. The summed E-state index contributed by atoms with van der Waals surface area (Å²) in [5.74, 6) is 0.332. The number of rotatable bonds is 11. The summed E-state index contributed by atoms with van der Waals surface area (Å²) >= 11 is 0. The Bertz CT molecular complexity index is 486. The number of aromatic nitrogens is 2. The molecule has 0 aliphatic heterocycles. The van der Waals surface area contributed by atoms with Crippen molar-refractivity contribution in [3.8, 4) is 5.88 Å². The molecule has 0 aromatic carbocycles. The minimum atomic E-state index is -0.0230. The highest BCUT2D eigenvalue weighted by atomic mass is 16.5. The van der Waals surface area contributed by atoms with Crippen molar-refractivity contribution < 1.29 is 9.94 Å². The second-order valence-electron chi connectivity index (χ2n) is 5.54. The lowest BCUT2D eigenvalue weighted by Gasteiger charge is -2.05. The molecular formula is C16H30N4O2. The predicted molar refractivity (Wildman–Crippen MR) is 88.0 cm³/mol. The monoisotopic (exact) mass is 310 g/mol. The van der Waals surface area contributed by atoms with E-state index in [1.54, 1.807) is 6.07 Å². The van der Waals surface area contributed by atoms with Gasteiger partial charge in [-0.3, -0.25) is 4.99 Å². The summed E-state index contributed by atoms with van der Waals surface area (Å²) in [6.45, 7) is 2.91. The summed E-state index contributed by atoms with van der Waals surface area (Å²) in [7, 11) is 1.51. The van der Waals surface area contributed by atoms with Gasteiger partial charge in [0.05, 0.1) is 7.11 Å². The third kappa shape index (κ3) is 6.83. The van der Waals surface area contributed by atoms with Crippen molar-refractivity contribution in [3.63, 3.8) is 0 Å². The first-order valence-electron chi connectivity index (χ1n) is 8.32. The van der Waals surface area contributed by atoms with E-state index in [4.69, 9.17) is 10.5 Å². The Hall–Kier alpha value is -1.72. The Balaban J connectivity index is 2.25. The van der Waals surface area contributed by atoms with Crippen molar-refractivity contribution in [2.75, 3.05) is 19.4 Å². The fourth-order valence-corrected chi connectivity index (χ4v) is 2.31. The molecule has 0 aliphatic rings. The molecule has 1 rings (SSSR count). The van der Waals surface area contributed by atoms with Gasteiger partial charge in [-0.2, -0.15) is 4.98 Å². The van der Waals surface area contributed by atoms with Crippen LogP contribution in [0, 0.1) is 0 Å². The van der Waals surface area contributed by atoms with E-state index in [-0.39, 0.29) is 5.95 Å². The number of nitrogens with two attached hydrogens (primary N) is 1. The maximum atomic E-state index is 9.74. The van der Waals surface area contributed by atoms with Crippen LogP contribution in [0.3, 0.4) is 0 Å². The molecule has 0 unspecified atom stereocenters. The number of methoxy groups -OCH3 is 1. The Morgan fingerprint density at radius 1 is 1.14 bits per heavy atom. The maximum absolute atomic E-state index is 9.74. The second-order valence-corrected chi connectivity index (χ2v) is 5.54. The van der Waals surface area contributed by atoms with Gasteiger partial charge in [-0.05, 0) is 6.42 Å². The van der Waals surface area contributed by atoms with E-state index in [2.05, 4.69) is 16.9 Å². The minimum absolute atomic E-state index is 0.0230. The second kappa shape index (κ2) is 10.9. The summed E-state index contributed by atoms with van der Waals surface area (Å²) < 4.78 is 5.80. The lowest BCUT2D eigenvalue weighted by atomic mass is 10.1. The Kier molecular flexibility index (Phi) is 9.11. The number of anilines is 1. The van der Waals surface area contributed by atoms with Crippen LogP contribution in [0.1, 0.15) is 64.7 Å². The maximum Gasteiger partial charge on any atom is 0.239 e. The predicted octanol–water partition coefficient (Wildman–Crippen LogP) is 3.14. The number of unbranched alkanes of at least 4 members (excludes halogenated alkanes) is 8. The Labute approximate surface area is 133 Å². The van der Waals surface area contributed by atoms with Crippen molar-refractivity contribution in [1.82, 2.24) is 9.71 Å². The topological polar surface area (TPSA) is 85.7 Å². The molecular weight excluding hydrogens is 280 g/mol. The van der Waals surface area contributed by atoms with Crippen LogP contribution in [0.4, 0.5) is 5.95 Å². The van der Waals surface area contributed by atoms with Gasteiger partial charge < -0.3 is 15.7 Å². The summed E-state index contributed by atoms with van der Waals surface area (Å²) in [6, 6.07) is 1.57. The van der Waals surface area contributed by atoms with Crippen LogP contribution < -0.4 is 16.0 Å². The van der Waals surface area contributed by atoms with Gasteiger partial charge in [-0.15, -0.1) is 4.73 Å². The van der Waals surface area contributed by atoms with Crippen LogP contribution in [-0.2, 0) is 0 Å². The van der Waals surface area contributed by atoms with Gasteiger partial charge in [0, 0.05) is 12.6 Å². The van der Waals surface area contributed by atoms with E-state index >= 15 is 0 Å². The summed E-state index contributed by atoms with van der Waals surface area (Å²) in [5, 5.41) is 9.74. The molecule has 1 heterocycles. The van der Waals surface area contributed by atoms with Gasteiger partial charge in [0.15, 0.2) is 5.49 Å². The molecule has 0 radical (unpaired) electrons. The zero-order valence-corrected chi connectivity index (χ0v) is 13.9. The lowest BCUT2D eigenvalue weighted by molar-refractivity contribution is 0.173. The number of hydrogen-bond donors (Lipinski definition) is 2. The fourth-order valence-electron chi connectivity index (χ4n) is 2.31. The normalized spacial score (nSPS) is 11.8. The van der Waals surface area contributed by atoms with E-state index in [9.17, 15) is 5.21 Å². The van der Waals surface area contributed by atoms with Gasteiger partial charge in [0.25, 0.3) is 0 Å². The zero-order valence-electron chi connectivity index (χ0n) is 13.9. The molecule has 0 atom stereocenters. The van der Waals surface area contributed by atoms with E-state index < -0.39 is 0 Å². The van der Waals surface area contributed by atoms with Crippen molar-refractivity contribution in [2.45, 2.75) is 64.7 Å². The molecule has 0 fully saturated rings. The third-order valence-corrected chi connectivity index (χ3v) is 3.66. The van der Waals surface area contributed by atoms with Gasteiger partial charge in [-0.1, -0.05) is 58.3 Å². The molecule has 22 heavy (non-hydrogen) atoms. The van der Waals surface area contributed by atoms with Crippen LogP contribution in [0.25, 0.3) is 0 Å². The highest BCUT2D eigenvalue weighted by Crippen LogP contribution is 2.09.